The number of hydrogen-bond donors (Lipinski definition) is 1. The maximum absolute atomic E-state index is 7.30. The molecule has 6 nitrogen and oxygen atoms in total. The maximum atomic E-state index is 7.30. The van der Waals surface area contributed by atoms with Crippen molar-refractivity contribution in [2.45, 2.75) is 127 Å². The molecule has 4 heterocycles. The molecule has 1 aromatic carbocycles. The third kappa shape index (κ3) is 8.08. The van der Waals surface area contributed by atoms with Crippen LogP contribution in [-0.2, 0) is 4.74 Å². The Bertz CT molecular complexity index is 2850. The van der Waals surface area contributed by atoms with E-state index in [-0.39, 0.29) is 24.3 Å². The molecule has 2 fully saturated rings. The lowest BCUT2D eigenvalue weighted by atomic mass is 9.70. The van der Waals surface area contributed by atoms with Gasteiger partial charge in [0.1, 0.15) is 12.0 Å². The molecule has 4 aliphatic heterocycles. The minimum absolute atomic E-state index is 0.0202. The van der Waals surface area contributed by atoms with E-state index in [1.54, 1.807) is 11.3 Å². The summed E-state index contributed by atoms with van der Waals surface area (Å²) in [6.45, 7) is 0.845. The van der Waals surface area contributed by atoms with Crippen LogP contribution in [0.5, 0.6) is 0 Å². The number of nitrogens with zero attached hydrogens (tertiary/aromatic N) is 4. The normalized spacial score (nSPS) is 32.6. The molecule has 0 bridgehead atoms. The minimum Gasteiger partial charge on any atom is -0.370 e. The molecule has 8 unspecified atom stereocenters. The third-order valence-corrected chi connectivity index (χ3v) is 17.7. The lowest BCUT2D eigenvalue weighted by molar-refractivity contribution is 0.0515. The van der Waals surface area contributed by atoms with Gasteiger partial charge in [0.15, 0.2) is 5.84 Å². The van der Waals surface area contributed by atoms with Crippen molar-refractivity contribution in [2.75, 3.05) is 13.6 Å². The molecule has 1 saturated heterocycles. The molecule has 13 rings (SSSR count). The molecule has 0 aromatic heterocycles. The van der Waals surface area contributed by atoms with Gasteiger partial charge in [0.25, 0.3) is 0 Å². The predicted octanol–water partition coefficient (Wildman–Crippen LogP) is 13.6. The van der Waals surface area contributed by atoms with Gasteiger partial charge < -0.3 is 19.9 Å². The van der Waals surface area contributed by atoms with E-state index in [0.717, 1.165) is 82.4 Å². The van der Waals surface area contributed by atoms with Crippen LogP contribution in [0.15, 0.2) is 217 Å². The van der Waals surface area contributed by atoms with Crippen LogP contribution in [0, 0.1) is 23.7 Å². The summed E-state index contributed by atoms with van der Waals surface area (Å²) in [7, 11) is 2.35. The van der Waals surface area contributed by atoms with Crippen LogP contribution < -0.4 is 5.32 Å². The number of amidine groups is 2. The lowest BCUT2D eigenvalue weighted by Gasteiger charge is -2.40. The zero-order valence-electron chi connectivity index (χ0n) is 41.1. The average Bonchev–Trinajstić information content (AvgIpc) is 3.81. The van der Waals surface area contributed by atoms with Gasteiger partial charge in [0.05, 0.1) is 23.9 Å². The number of fused-ring (bicyclic) bond motifs is 5. The van der Waals surface area contributed by atoms with E-state index < -0.39 is 0 Å². The van der Waals surface area contributed by atoms with Crippen LogP contribution in [0.2, 0.25) is 0 Å². The number of rotatable bonds is 8. The van der Waals surface area contributed by atoms with Crippen LogP contribution in [0.4, 0.5) is 0 Å². The van der Waals surface area contributed by atoms with Crippen molar-refractivity contribution in [3.8, 4) is 0 Å². The van der Waals surface area contributed by atoms with E-state index in [1.807, 2.05) is 0 Å². The Balaban J connectivity index is 0.943. The molecule has 8 aliphatic carbocycles. The second kappa shape index (κ2) is 19.0. The molecular formula is C64H69N5O. The summed E-state index contributed by atoms with van der Waals surface area (Å²) in [6.07, 6.45) is 61.7. The lowest BCUT2D eigenvalue weighted by Crippen LogP contribution is -2.45. The number of allylic oxidation sites excluding steroid dienone is 20. The molecular weight excluding hydrogens is 855 g/mol. The molecule has 1 saturated carbocycles. The monoisotopic (exact) mass is 924 g/mol. The van der Waals surface area contributed by atoms with Crippen molar-refractivity contribution >= 4 is 11.7 Å². The van der Waals surface area contributed by atoms with Crippen molar-refractivity contribution in [3.05, 3.63) is 213 Å². The number of benzene rings is 1. The highest BCUT2D eigenvalue weighted by atomic mass is 16.5. The Labute approximate surface area is 416 Å². The maximum Gasteiger partial charge on any atom is 0.161 e. The first-order chi connectivity index (χ1) is 34.6. The molecule has 1 N–H and O–H groups in total. The Kier molecular flexibility index (Phi) is 11.9. The zero-order valence-corrected chi connectivity index (χ0v) is 41.1. The highest BCUT2D eigenvalue weighted by Crippen LogP contribution is 2.56. The Morgan fingerprint density at radius 1 is 0.771 bits per heavy atom. The number of likely N-dealkylation sites (N-methyl/N-ethyl adjacent to an activating group) is 1. The predicted molar refractivity (Wildman–Crippen MR) is 287 cm³/mol. The topological polar surface area (TPSA) is 52.5 Å². The van der Waals surface area contributed by atoms with Crippen LogP contribution in [0.1, 0.15) is 108 Å². The van der Waals surface area contributed by atoms with Crippen molar-refractivity contribution in [1.29, 1.82) is 0 Å². The standard InChI is InChI=1S/C64H69N5O/c1-68-41-47(46-35-36-49(42-21-10-4-11-22-42)52(37-46)43-23-12-5-13-24-43)38-55(64-66-62(44-25-8-2-3-9-26-44)65-63(67-64)45-27-14-6-15-28-45)61(68)51-32-20-34-58-60(51)54-39-57-53(40-59(54)70-58)50-31-18-19-33-56(50)69(57)48-29-16-7-17-30-48/h2-4,7-12,16,18-25,29,31-32,34,37-38,45,49,52,54,56,58-60,63H,5-6,13-15,17,26-28,30,33,35-36,39-41H2,1H3,(H,65,66,67). The van der Waals surface area contributed by atoms with Gasteiger partial charge >= 0.3 is 0 Å². The fraction of sp³-hybridized carbons (Fsp3) is 0.406. The zero-order chi connectivity index (χ0) is 46.5. The number of ether oxygens (including phenoxy) is 1. The third-order valence-electron chi connectivity index (χ3n) is 17.7. The van der Waals surface area contributed by atoms with E-state index in [9.17, 15) is 0 Å². The van der Waals surface area contributed by atoms with Crippen molar-refractivity contribution < 1.29 is 4.74 Å². The molecule has 8 atom stereocenters. The Morgan fingerprint density at radius 2 is 1.67 bits per heavy atom. The summed E-state index contributed by atoms with van der Waals surface area (Å²) in [5, 5.41) is 3.95. The van der Waals surface area contributed by atoms with E-state index >= 15 is 0 Å². The van der Waals surface area contributed by atoms with E-state index in [2.05, 4.69) is 168 Å². The van der Waals surface area contributed by atoms with Crippen molar-refractivity contribution in [2.24, 2.45) is 33.7 Å². The largest absolute Gasteiger partial charge is 0.370 e. The van der Waals surface area contributed by atoms with Crippen molar-refractivity contribution in [3.63, 3.8) is 0 Å². The highest BCUT2D eigenvalue weighted by Gasteiger charge is 2.53. The van der Waals surface area contributed by atoms with Gasteiger partial charge in [0, 0.05) is 54.7 Å². The van der Waals surface area contributed by atoms with Crippen molar-refractivity contribution in [1.82, 2.24) is 15.1 Å². The second-order valence-corrected chi connectivity index (χ2v) is 21.8. The SMILES string of the molecule is CN1CC(C2=CC(C3=CCCC=C3)C(c3ccccc3)CC2)=CC(C2=NC(C3CCCCC3)NC(C3=CC=CC=CC3)=N2)=C1C1=CC=CC2OC3CC4=C(CC3C12)N(C1=CC=CCC1)C1CC=CC=C41. The summed E-state index contributed by atoms with van der Waals surface area (Å²) in [5.74, 6) is 3.70. The summed E-state index contributed by atoms with van der Waals surface area (Å²) in [6, 6.07) is 11.7. The highest BCUT2D eigenvalue weighted by molar-refractivity contribution is 6.14. The van der Waals surface area contributed by atoms with Crippen LogP contribution in [0.3, 0.4) is 0 Å². The molecule has 0 radical (unpaired) electrons. The average molecular weight is 924 g/mol. The second-order valence-electron chi connectivity index (χ2n) is 21.8. The summed E-state index contributed by atoms with van der Waals surface area (Å²) >= 11 is 0. The van der Waals surface area contributed by atoms with Crippen LogP contribution in [0.25, 0.3) is 0 Å². The quantitative estimate of drug-likeness (QED) is 0.282. The molecule has 0 amide bonds. The number of nitrogens with one attached hydrogen (secondary N) is 1. The van der Waals surface area contributed by atoms with Crippen LogP contribution >= 0.6 is 0 Å². The number of aliphatic imine (C=N–C) groups is 2. The van der Waals surface area contributed by atoms with Gasteiger partial charge in [-0.05, 0) is 139 Å². The Hall–Kier alpha value is -5.98. The molecule has 356 valence electrons. The molecule has 1 aromatic rings. The fourth-order valence-electron chi connectivity index (χ4n) is 14.4. The number of hydrogen-bond acceptors (Lipinski definition) is 6. The van der Waals surface area contributed by atoms with Gasteiger partial charge in [-0.3, -0.25) is 0 Å². The van der Waals surface area contributed by atoms with Gasteiger partial charge in [-0.2, -0.15) is 0 Å². The minimum atomic E-state index is -0.0202. The first-order valence-corrected chi connectivity index (χ1v) is 27.2. The molecule has 6 heteroatoms. The molecule has 70 heavy (non-hydrogen) atoms. The van der Waals surface area contributed by atoms with Gasteiger partial charge in [-0.1, -0.05) is 153 Å². The van der Waals surface area contributed by atoms with Gasteiger partial charge in [-0.25, -0.2) is 9.98 Å². The van der Waals surface area contributed by atoms with Gasteiger partial charge in [-0.15, -0.1) is 0 Å². The smallest absolute Gasteiger partial charge is 0.161 e. The van der Waals surface area contributed by atoms with Gasteiger partial charge in [0.2, 0.25) is 0 Å². The Morgan fingerprint density at radius 3 is 2.54 bits per heavy atom. The summed E-state index contributed by atoms with van der Waals surface area (Å²) in [5.41, 5.74) is 17.0. The summed E-state index contributed by atoms with van der Waals surface area (Å²) < 4.78 is 7.30. The van der Waals surface area contributed by atoms with E-state index in [4.69, 9.17) is 14.7 Å². The first-order valence-electron chi connectivity index (χ1n) is 27.2. The summed E-state index contributed by atoms with van der Waals surface area (Å²) in [4.78, 5) is 16.8. The fourth-order valence-corrected chi connectivity index (χ4v) is 14.4. The van der Waals surface area contributed by atoms with E-state index in [0.29, 0.717) is 29.7 Å². The molecule has 12 aliphatic rings. The first kappa shape index (κ1) is 44.0. The molecule has 0 spiro atoms. The van der Waals surface area contributed by atoms with Crippen LogP contribution in [-0.4, -0.2) is 59.5 Å². The van der Waals surface area contributed by atoms with E-state index in [1.165, 1.54) is 88.1 Å².